The molecule has 0 fully saturated rings. The first-order valence-corrected chi connectivity index (χ1v) is 5.45. The Bertz CT molecular complexity index is 660. The monoisotopic (exact) mass is 460 g/mol. The third kappa shape index (κ3) is 2.07. The second kappa shape index (κ2) is 4.70. The zero-order valence-corrected chi connectivity index (χ0v) is 13.4. The fourth-order valence-corrected chi connectivity index (χ4v) is 1.93. The van der Waals surface area contributed by atoms with Crippen LogP contribution in [0.1, 0.15) is 0 Å². The Hall–Kier alpha value is -1.00. The van der Waals surface area contributed by atoms with Crippen molar-refractivity contribution in [2.45, 2.75) is 0 Å². The zero-order chi connectivity index (χ0) is 11.1. The van der Waals surface area contributed by atoms with Gasteiger partial charge in [0, 0.05) is 49.5 Å². The molecule has 3 heterocycles. The van der Waals surface area contributed by atoms with Gasteiger partial charge in [0.15, 0.2) is 0 Å². The van der Waals surface area contributed by atoms with Crippen LogP contribution >= 0.6 is 15.9 Å². The van der Waals surface area contributed by atoms with E-state index in [1.54, 1.807) is 10.8 Å². The van der Waals surface area contributed by atoms with Crippen LogP contribution in [0.3, 0.4) is 0 Å². The van der Waals surface area contributed by atoms with E-state index in [4.69, 9.17) is 0 Å². The Kier molecular flexibility index (Phi) is 3.45. The van der Waals surface area contributed by atoms with Crippen LogP contribution in [0.2, 0.25) is 0 Å². The van der Waals surface area contributed by atoms with Crippen LogP contribution < -0.4 is 0 Å². The molecule has 3 rings (SSSR count). The number of imidazole rings is 1. The average molecular weight is 461 g/mol. The van der Waals surface area contributed by atoms with E-state index in [1.807, 2.05) is 29.8 Å². The molecule has 5 nitrogen and oxygen atoms in total. The van der Waals surface area contributed by atoms with E-state index in [1.165, 1.54) is 0 Å². The predicted molar refractivity (Wildman–Crippen MR) is 61.7 cm³/mol. The van der Waals surface area contributed by atoms with Gasteiger partial charge in [-0.15, -0.1) is 0 Å². The van der Waals surface area contributed by atoms with Gasteiger partial charge in [0.1, 0.15) is 5.65 Å². The van der Waals surface area contributed by atoms with Crippen molar-refractivity contribution >= 4 is 21.6 Å². The zero-order valence-electron chi connectivity index (χ0n) is 8.83. The topological polar surface area (TPSA) is 48.0 Å². The van der Waals surface area contributed by atoms with Crippen molar-refractivity contribution in [1.29, 1.82) is 0 Å². The molecule has 0 atom stereocenters. The summed E-state index contributed by atoms with van der Waals surface area (Å²) in [6.07, 6.45) is 6.47. The maximum Gasteiger partial charge on any atom is 0.135 e. The summed E-state index contributed by atoms with van der Waals surface area (Å²) < 4.78 is 4.69. The van der Waals surface area contributed by atoms with E-state index < -0.39 is 0 Å². The molecule has 0 bridgehead atoms. The first kappa shape index (κ1) is 12.5. The summed E-state index contributed by atoms with van der Waals surface area (Å²) in [4.78, 5) is 4.30. The van der Waals surface area contributed by atoms with Crippen LogP contribution in [0.4, 0.5) is 0 Å². The molecule has 0 saturated carbocycles. The summed E-state index contributed by atoms with van der Waals surface area (Å²) in [6, 6.07) is 3.89. The number of hydrogen-bond acceptors (Lipinski definition) is 3. The van der Waals surface area contributed by atoms with Crippen molar-refractivity contribution in [3.05, 3.63) is 35.3 Å². The Morgan fingerprint density at radius 2 is 2.18 bits per heavy atom. The van der Waals surface area contributed by atoms with Gasteiger partial charge in [-0.2, -0.15) is 0 Å². The van der Waals surface area contributed by atoms with Gasteiger partial charge in [0.2, 0.25) is 0 Å². The Labute approximate surface area is 120 Å². The molecule has 0 radical (unpaired) electrons. The molecule has 0 saturated heterocycles. The van der Waals surface area contributed by atoms with Gasteiger partial charge in [-0.25, -0.2) is 10.1 Å². The summed E-state index contributed by atoms with van der Waals surface area (Å²) in [7, 11) is 1.85. The minimum absolute atomic E-state index is 0. The second-order valence-corrected chi connectivity index (χ2v) is 4.32. The predicted octanol–water partition coefficient (Wildman–Crippen LogP) is 1.69. The van der Waals surface area contributed by atoms with Gasteiger partial charge in [-0.05, 0) is 41.4 Å². The summed E-state index contributed by atoms with van der Waals surface area (Å²) in [6.45, 7) is 0. The molecule has 3 aromatic rings. The van der Waals surface area contributed by atoms with E-state index in [-0.39, 0.29) is 21.1 Å². The van der Waals surface area contributed by atoms with Crippen LogP contribution in [0, 0.1) is 6.33 Å². The number of fused-ring (bicyclic) bond motifs is 1. The largest absolute Gasteiger partial charge is 0.478 e. The number of nitrogens with zero attached hydrogens (tertiary/aromatic N) is 5. The number of aromatic nitrogens is 5. The van der Waals surface area contributed by atoms with Gasteiger partial charge >= 0.3 is 0 Å². The molecule has 7 heteroatoms. The summed E-state index contributed by atoms with van der Waals surface area (Å²) >= 11 is 3.43. The van der Waals surface area contributed by atoms with E-state index in [0.717, 1.165) is 21.6 Å². The number of hydrogen-bond donors (Lipinski definition) is 0. The molecule has 0 amide bonds. The normalized spacial score (nSPS) is 10.5. The van der Waals surface area contributed by atoms with Gasteiger partial charge in [0.05, 0.1) is 0 Å². The SMILES string of the molecule is Cn1[c-]nnc1-c1cnc2ccc(Br)cn12.[W]. The first-order chi connectivity index (χ1) is 7.75. The molecule has 0 unspecified atom stereocenters. The third-order valence-electron chi connectivity index (χ3n) is 2.36. The van der Waals surface area contributed by atoms with Gasteiger partial charge in [0.25, 0.3) is 0 Å². The van der Waals surface area contributed by atoms with Crippen molar-refractivity contribution in [3.8, 4) is 11.5 Å². The Morgan fingerprint density at radius 3 is 2.88 bits per heavy atom. The number of aryl methyl sites for hydroxylation is 1. The summed E-state index contributed by atoms with van der Waals surface area (Å²) in [5.41, 5.74) is 1.77. The molecule has 3 aromatic heterocycles. The van der Waals surface area contributed by atoms with Crippen molar-refractivity contribution in [2.24, 2.45) is 7.05 Å². The molecule has 0 N–H and O–H groups in total. The maximum atomic E-state index is 4.30. The van der Waals surface area contributed by atoms with Crippen molar-refractivity contribution < 1.29 is 21.1 Å². The second-order valence-electron chi connectivity index (χ2n) is 3.40. The molecule has 0 spiro atoms. The number of rotatable bonds is 1. The number of halogens is 1. The van der Waals surface area contributed by atoms with E-state index in [0.29, 0.717) is 0 Å². The van der Waals surface area contributed by atoms with Crippen LogP contribution in [-0.4, -0.2) is 24.1 Å². The Balaban J connectivity index is 0.00000108. The summed E-state index contributed by atoms with van der Waals surface area (Å²) in [5, 5.41) is 7.76. The van der Waals surface area contributed by atoms with E-state index in [9.17, 15) is 0 Å². The van der Waals surface area contributed by atoms with Crippen LogP contribution in [-0.2, 0) is 28.1 Å². The molecular formula is C10H7BrN5W-. The molecule has 0 aliphatic heterocycles. The van der Waals surface area contributed by atoms with Crippen LogP contribution in [0.5, 0.6) is 0 Å². The average Bonchev–Trinajstić information content (AvgIpc) is 2.83. The minimum atomic E-state index is 0. The molecule has 0 aromatic carbocycles. The van der Waals surface area contributed by atoms with Crippen molar-refractivity contribution in [3.63, 3.8) is 0 Å². The maximum absolute atomic E-state index is 4.30. The standard InChI is InChI=1S/C10H7BrN5.W/c1-15-6-13-14-10(15)8-4-12-9-3-2-7(11)5-16(8)9;/h2-5H,1H3;/q-1;. The quantitative estimate of drug-likeness (QED) is 0.519. The van der Waals surface area contributed by atoms with Gasteiger partial charge < -0.3 is 8.97 Å². The van der Waals surface area contributed by atoms with E-state index in [2.05, 4.69) is 37.4 Å². The smallest absolute Gasteiger partial charge is 0.135 e. The molecule has 0 aliphatic rings. The number of pyridine rings is 1. The van der Waals surface area contributed by atoms with Crippen LogP contribution in [0.25, 0.3) is 17.2 Å². The minimum Gasteiger partial charge on any atom is -0.478 e. The van der Waals surface area contributed by atoms with Gasteiger partial charge in [-0.1, -0.05) is 0 Å². The van der Waals surface area contributed by atoms with Crippen LogP contribution in [0.15, 0.2) is 29.0 Å². The summed E-state index contributed by atoms with van der Waals surface area (Å²) in [5.74, 6) is 0.741. The van der Waals surface area contributed by atoms with Gasteiger partial charge in [-0.3, -0.25) is 5.10 Å². The molecular weight excluding hydrogens is 454 g/mol. The van der Waals surface area contributed by atoms with Crippen molar-refractivity contribution in [1.82, 2.24) is 24.1 Å². The molecule has 17 heavy (non-hydrogen) atoms. The molecule has 0 aliphatic carbocycles. The van der Waals surface area contributed by atoms with E-state index >= 15 is 0 Å². The fourth-order valence-electron chi connectivity index (χ4n) is 1.59. The first-order valence-electron chi connectivity index (χ1n) is 4.66. The fraction of sp³-hybridized carbons (Fsp3) is 0.100. The third-order valence-corrected chi connectivity index (χ3v) is 2.82. The Morgan fingerprint density at radius 1 is 1.35 bits per heavy atom. The molecule has 86 valence electrons. The van der Waals surface area contributed by atoms with Crippen molar-refractivity contribution in [2.75, 3.05) is 0 Å².